The van der Waals surface area contributed by atoms with Crippen molar-refractivity contribution in [3.8, 4) is 0 Å². The molecule has 0 spiro atoms. The van der Waals surface area contributed by atoms with Crippen LogP contribution in [0.4, 0.5) is 0 Å². The van der Waals surface area contributed by atoms with E-state index >= 15 is 0 Å². The highest BCUT2D eigenvalue weighted by molar-refractivity contribution is 9.10. The molecule has 0 bridgehead atoms. The number of furan rings is 1. The molecule has 0 radical (unpaired) electrons. The SMILES string of the molecule is O=C(CC1Cc2coc3ccc(Br)c(c23)C1)NC1CCC1. The molecule has 1 fully saturated rings. The van der Waals surface area contributed by atoms with Gasteiger partial charge in [-0.1, -0.05) is 15.9 Å². The van der Waals surface area contributed by atoms with Gasteiger partial charge in [-0.25, -0.2) is 0 Å². The van der Waals surface area contributed by atoms with Gasteiger partial charge >= 0.3 is 0 Å². The Bertz CT molecular complexity index is 702. The van der Waals surface area contributed by atoms with Crippen molar-refractivity contribution in [2.45, 2.75) is 44.6 Å². The maximum Gasteiger partial charge on any atom is 0.220 e. The minimum atomic E-state index is 0.208. The first-order chi connectivity index (χ1) is 10.2. The van der Waals surface area contributed by atoms with Crippen LogP contribution >= 0.6 is 15.9 Å². The molecule has 4 heteroatoms. The summed E-state index contributed by atoms with van der Waals surface area (Å²) in [4.78, 5) is 12.1. The lowest BCUT2D eigenvalue weighted by atomic mass is 9.82. The second-order valence-electron chi connectivity index (χ2n) is 6.33. The van der Waals surface area contributed by atoms with Gasteiger partial charge in [0.1, 0.15) is 5.58 Å². The van der Waals surface area contributed by atoms with Gasteiger partial charge < -0.3 is 9.73 Å². The lowest BCUT2D eigenvalue weighted by Gasteiger charge is -2.28. The predicted molar refractivity (Wildman–Crippen MR) is 85.2 cm³/mol. The Morgan fingerprint density at radius 1 is 1.33 bits per heavy atom. The number of amides is 1. The van der Waals surface area contributed by atoms with Crippen molar-refractivity contribution in [2.24, 2.45) is 5.92 Å². The van der Waals surface area contributed by atoms with Crippen LogP contribution in [0, 0.1) is 5.92 Å². The zero-order chi connectivity index (χ0) is 14.4. The van der Waals surface area contributed by atoms with Crippen LogP contribution in [0.15, 0.2) is 27.3 Å². The molecule has 0 saturated heterocycles. The van der Waals surface area contributed by atoms with Crippen LogP contribution in [-0.2, 0) is 17.6 Å². The van der Waals surface area contributed by atoms with Crippen LogP contribution in [0.5, 0.6) is 0 Å². The van der Waals surface area contributed by atoms with E-state index < -0.39 is 0 Å². The van der Waals surface area contributed by atoms with Crippen molar-refractivity contribution >= 4 is 32.8 Å². The molecule has 1 atom stereocenters. The number of rotatable bonds is 3. The molecule has 1 heterocycles. The summed E-state index contributed by atoms with van der Waals surface area (Å²) in [6.07, 6.45) is 7.90. The second-order valence-corrected chi connectivity index (χ2v) is 7.19. The molecule has 1 N–H and O–H groups in total. The molecule has 2 aliphatic carbocycles. The smallest absolute Gasteiger partial charge is 0.220 e. The highest BCUT2D eigenvalue weighted by atomic mass is 79.9. The lowest BCUT2D eigenvalue weighted by molar-refractivity contribution is -0.123. The molecule has 0 aliphatic heterocycles. The molecule has 21 heavy (non-hydrogen) atoms. The molecular formula is C17H18BrNO2. The summed E-state index contributed by atoms with van der Waals surface area (Å²) >= 11 is 3.64. The van der Waals surface area contributed by atoms with Gasteiger partial charge in [-0.3, -0.25) is 4.79 Å². The zero-order valence-electron chi connectivity index (χ0n) is 11.8. The molecule has 2 aliphatic rings. The Hall–Kier alpha value is -1.29. The van der Waals surface area contributed by atoms with E-state index in [-0.39, 0.29) is 5.91 Å². The molecule has 1 aromatic carbocycles. The number of hydrogen-bond acceptors (Lipinski definition) is 2. The van der Waals surface area contributed by atoms with Crippen molar-refractivity contribution < 1.29 is 9.21 Å². The molecule has 3 nitrogen and oxygen atoms in total. The normalized spacial score (nSPS) is 21.3. The predicted octanol–water partition coefficient (Wildman–Crippen LogP) is 3.97. The van der Waals surface area contributed by atoms with Crippen LogP contribution in [-0.4, -0.2) is 11.9 Å². The first-order valence-corrected chi connectivity index (χ1v) is 8.47. The first-order valence-electron chi connectivity index (χ1n) is 7.67. The molecule has 4 rings (SSSR count). The summed E-state index contributed by atoms with van der Waals surface area (Å²) in [5.41, 5.74) is 3.50. The van der Waals surface area contributed by atoms with Crippen LogP contribution in [0.1, 0.15) is 36.8 Å². The number of nitrogens with one attached hydrogen (secondary N) is 1. The average Bonchev–Trinajstić information content (AvgIpc) is 2.82. The van der Waals surface area contributed by atoms with Crippen molar-refractivity contribution in [3.63, 3.8) is 0 Å². The molecule has 1 saturated carbocycles. The van der Waals surface area contributed by atoms with Crippen LogP contribution in [0.3, 0.4) is 0 Å². The van der Waals surface area contributed by atoms with Gasteiger partial charge in [0.15, 0.2) is 0 Å². The van der Waals surface area contributed by atoms with E-state index in [4.69, 9.17) is 4.42 Å². The van der Waals surface area contributed by atoms with Crippen LogP contribution in [0.2, 0.25) is 0 Å². The minimum absolute atomic E-state index is 0.208. The van der Waals surface area contributed by atoms with Gasteiger partial charge in [0.2, 0.25) is 5.91 Å². The van der Waals surface area contributed by atoms with Crippen molar-refractivity contribution in [1.82, 2.24) is 5.32 Å². The van der Waals surface area contributed by atoms with Crippen molar-refractivity contribution in [2.75, 3.05) is 0 Å². The summed E-state index contributed by atoms with van der Waals surface area (Å²) in [7, 11) is 0. The fourth-order valence-corrected chi connectivity index (χ4v) is 4.00. The Balaban J connectivity index is 1.52. The zero-order valence-corrected chi connectivity index (χ0v) is 13.4. The van der Waals surface area contributed by atoms with Crippen molar-refractivity contribution in [3.05, 3.63) is 34.0 Å². The van der Waals surface area contributed by atoms with Gasteiger partial charge in [-0.2, -0.15) is 0 Å². The van der Waals surface area contributed by atoms with E-state index in [1.807, 2.05) is 18.4 Å². The quantitative estimate of drug-likeness (QED) is 0.912. The van der Waals surface area contributed by atoms with E-state index in [0.717, 1.165) is 35.7 Å². The van der Waals surface area contributed by atoms with E-state index in [0.29, 0.717) is 18.4 Å². The van der Waals surface area contributed by atoms with Gasteiger partial charge in [0, 0.05) is 22.3 Å². The third kappa shape index (κ3) is 2.39. The Labute approximate surface area is 132 Å². The monoisotopic (exact) mass is 347 g/mol. The van der Waals surface area contributed by atoms with Crippen molar-refractivity contribution in [1.29, 1.82) is 0 Å². The summed E-state index contributed by atoms with van der Waals surface area (Å²) in [6.45, 7) is 0. The molecule has 2 aromatic rings. The summed E-state index contributed by atoms with van der Waals surface area (Å²) in [5, 5.41) is 4.40. The fraction of sp³-hybridized carbons (Fsp3) is 0.471. The summed E-state index contributed by atoms with van der Waals surface area (Å²) in [5.74, 6) is 0.581. The Kier molecular flexibility index (Phi) is 3.29. The fourth-order valence-electron chi connectivity index (χ4n) is 3.51. The Morgan fingerprint density at radius 3 is 2.95 bits per heavy atom. The molecule has 1 aromatic heterocycles. The summed E-state index contributed by atoms with van der Waals surface area (Å²) in [6, 6.07) is 4.48. The standard InChI is InChI=1S/C17H18BrNO2/c18-14-4-5-15-17-11(9-21-15)6-10(7-13(14)17)8-16(20)19-12-2-1-3-12/h4-5,9-10,12H,1-3,6-8H2,(H,19,20). The number of halogens is 1. The van der Waals surface area contributed by atoms with Crippen LogP contribution < -0.4 is 5.32 Å². The topological polar surface area (TPSA) is 42.2 Å². The average molecular weight is 348 g/mol. The lowest BCUT2D eigenvalue weighted by Crippen LogP contribution is -2.40. The second kappa shape index (κ2) is 5.16. The van der Waals surface area contributed by atoms with Gasteiger partial charge in [-0.15, -0.1) is 0 Å². The van der Waals surface area contributed by atoms with E-state index in [1.165, 1.54) is 22.9 Å². The maximum atomic E-state index is 12.1. The minimum Gasteiger partial charge on any atom is -0.464 e. The molecule has 1 unspecified atom stereocenters. The van der Waals surface area contributed by atoms with E-state index in [9.17, 15) is 4.79 Å². The molecular weight excluding hydrogens is 330 g/mol. The number of hydrogen-bond donors (Lipinski definition) is 1. The molecule has 1 amide bonds. The number of benzene rings is 1. The number of carbonyl (C=O) groups is 1. The first kappa shape index (κ1) is 13.4. The number of carbonyl (C=O) groups excluding carboxylic acids is 1. The molecule has 110 valence electrons. The van der Waals surface area contributed by atoms with Gasteiger partial charge in [0.25, 0.3) is 0 Å². The van der Waals surface area contributed by atoms with E-state index in [2.05, 4.69) is 21.2 Å². The largest absolute Gasteiger partial charge is 0.464 e. The third-order valence-electron chi connectivity index (χ3n) is 4.81. The Morgan fingerprint density at radius 2 is 2.19 bits per heavy atom. The van der Waals surface area contributed by atoms with Crippen LogP contribution in [0.25, 0.3) is 11.0 Å². The highest BCUT2D eigenvalue weighted by Crippen LogP contribution is 2.38. The summed E-state index contributed by atoms with van der Waals surface area (Å²) < 4.78 is 6.77. The van der Waals surface area contributed by atoms with Gasteiger partial charge in [-0.05, 0) is 61.3 Å². The van der Waals surface area contributed by atoms with E-state index in [1.54, 1.807) is 0 Å². The van der Waals surface area contributed by atoms with Gasteiger partial charge in [0.05, 0.1) is 6.26 Å². The maximum absolute atomic E-state index is 12.1. The third-order valence-corrected chi connectivity index (χ3v) is 5.56. The highest BCUT2D eigenvalue weighted by Gasteiger charge is 2.27.